The largest absolute Gasteiger partial charge is 0.484 e. The summed E-state index contributed by atoms with van der Waals surface area (Å²) in [7, 11) is 0. The van der Waals surface area contributed by atoms with Gasteiger partial charge in [-0.3, -0.25) is 0 Å². The first-order valence-electron chi connectivity index (χ1n) is 6.58. The topological polar surface area (TPSA) is 34.1 Å². The molecule has 0 saturated heterocycles. The summed E-state index contributed by atoms with van der Waals surface area (Å²) in [5.41, 5.74) is 0.460. The Kier molecular flexibility index (Phi) is 5.33. The molecule has 0 fully saturated rings. The molecule has 1 N–H and O–H groups in total. The van der Waals surface area contributed by atoms with Crippen LogP contribution in [0.15, 0.2) is 30.3 Å². The van der Waals surface area contributed by atoms with Gasteiger partial charge in [-0.2, -0.15) is 4.39 Å². The van der Waals surface area contributed by atoms with Gasteiger partial charge < -0.3 is 10.1 Å². The Hall–Kier alpha value is -1.88. The number of anilines is 1. The van der Waals surface area contributed by atoms with Gasteiger partial charge in [-0.1, -0.05) is 24.6 Å². The highest BCUT2D eigenvalue weighted by molar-refractivity contribution is 6.31. The van der Waals surface area contributed by atoms with E-state index in [1.807, 2.05) is 6.92 Å². The van der Waals surface area contributed by atoms with Crippen LogP contribution < -0.4 is 10.1 Å². The number of benzene rings is 1. The Bertz CT molecular complexity index is 623. The van der Waals surface area contributed by atoms with Crippen molar-refractivity contribution in [2.75, 3.05) is 11.9 Å². The third kappa shape index (κ3) is 4.04. The fourth-order valence-corrected chi connectivity index (χ4v) is 1.84. The average Bonchev–Trinajstić information content (AvgIpc) is 2.49. The Morgan fingerprint density at radius 2 is 2.05 bits per heavy atom. The third-order valence-corrected chi connectivity index (χ3v) is 3.10. The monoisotopic (exact) mass is 312 g/mol. The van der Waals surface area contributed by atoms with Gasteiger partial charge in [0, 0.05) is 6.54 Å². The highest BCUT2D eigenvalue weighted by Gasteiger charge is 2.11. The number of hydrogen-bond acceptors (Lipinski definition) is 3. The molecule has 0 atom stereocenters. The summed E-state index contributed by atoms with van der Waals surface area (Å²) in [6.45, 7) is 2.79. The van der Waals surface area contributed by atoms with Gasteiger partial charge in [0.05, 0.1) is 10.7 Å². The predicted molar refractivity (Wildman–Crippen MR) is 78.7 cm³/mol. The molecule has 2 aromatic rings. The number of ether oxygens (including phenoxy) is 1. The minimum atomic E-state index is -1.02. The van der Waals surface area contributed by atoms with E-state index in [1.165, 1.54) is 12.1 Å². The molecule has 3 nitrogen and oxygen atoms in total. The molecule has 0 unspecified atom stereocenters. The maximum Gasteiger partial charge on any atom is 0.200 e. The fraction of sp³-hybridized carbons (Fsp3) is 0.267. The lowest BCUT2D eigenvalue weighted by atomic mass is 10.3. The van der Waals surface area contributed by atoms with E-state index in [0.717, 1.165) is 19.0 Å². The molecular formula is C15H15ClF2N2O. The van der Waals surface area contributed by atoms with Gasteiger partial charge in [-0.05, 0) is 30.7 Å². The lowest BCUT2D eigenvalue weighted by molar-refractivity contribution is 0.281. The minimum Gasteiger partial charge on any atom is -0.484 e. The number of halogens is 3. The van der Waals surface area contributed by atoms with Crippen molar-refractivity contribution in [3.8, 4) is 5.75 Å². The maximum absolute atomic E-state index is 13.5. The summed E-state index contributed by atoms with van der Waals surface area (Å²) in [5.74, 6) is -1.47. The first-order valence-corrected chi connectivity index (χ1v) is 6.95. The molecule has 0 saturated carbocycles. The van der Waals surface area contributed by atoms with E-state index in [1.54, 1.807) is 12.1 Å². The number of nitrogens with one attached hydrogen (secondary N) is 1. The van der Waals surface area contributed by atoms with E-state index in [4.69, 9.17) is 16.3 Å². The minimum absolute atomic E-state index is 0.0408. The fourth-order valence-electron chi connectivity index (χ4n) is 1.68. The van der Waals surface area contributed by atoms with Crippen molar-refractivity contribution in [3.63, 3.8) is 0 Å². The Morgan fingerprint density at radius 3 is 2.81 bits per heavy atom. The number of hydrogen-bond donors (Lipinski definition) is 1. The third-order valence-electron chi connectivity index (χ3n) is 2.76. The normalized spacial score (nSPS) is 10.5. The molecule has 0 amide bonds. The standard InChI is InChI=1S/C15H15ClF2N2O/c1-2-8-19-14-7-6-10(16)12(20-14)9-21-13-5-3-4-11(17)15(13)18/h3-7H,2,8-9H2,1H3,(H,19,20). The van der Waals surface area contributed by atoms with Crippen LogP contribution in [0.5, 0.6) is 5.75 Å². The number of rotatable bonds is 6. The van der Waals surface area contributed by atoms with E-state index in [-0.39, 0.29) is 12.4 Å². The molecular weight excluding hydrogens is 298 g/mol. The summed E-state index contributed by atoms with van der Waals surface area (Å²) < 4.78 is 31.8. The van der Waals surface area contributed by atoms with Crippen molar-refractivity contribution in [1.29, 1.82) is 0 Å². The van der Waals surface area contributed by atoms with E-state index >= 15 is 0 Å². The van der Waals surface area contributed by atoms with Crippen LogP contribution in [-0.4, -0.2) is 11.5 Å². The Labute approximate surface area is 126 Å². The molecule has 112 valence electrons. The molecule has 0 aliphatic rings. The predicted octanol–water partition coefficient (Wildman–Crippen LogP) is 4.41. The van der Waals surface area contributed by atoms with Crippen molar-refractivity contribution >= 4 is 17.4 Å². The smallest absolute Gasteiger partial charge is 0.200 e. The zero-order chi connectivity index (χ0) is 15.2. The molecule has 0 spiro atoms. The van der Waals surface area contributed by atoms with Crippen LogP contribution in [-0.2, 0) is 6.61 Å². The van der Waals surface area contributed by atoms with Gasteiger partial charge in [-0.25, -0.2) is 9.37 Å². The van der Waals surface area contributed by atoms with E-state index in [2.05, 4.69) is 10.3 Å². The van der Waals surface area contributed by atoms with Gasteiger partial charge in [0.2, 0.25) is 5.82 Å². The maximum atomic E-state index is 13.5. The number of aromatic nitrogens is 1. The highest BCUT2D eigenvalue weighted by Crippen LogP contribution is 2.22. The lowest BCUT2D eigenvalue weighted by Crippen LogP contribution is -2.06. The zero-order valence-electron chi connectivity index (χ0n) is 11.5. The van der Waals surface area contributed by atoms with Crippen LogP contribution >= 0.6 is 11.6 Å². The number of nitrogens with zero attached hydrogens (tertiary/aromatic N) is 1. The van der Waals surface area contributed by atoms with E-state index in [0.29, 0.717) is 16.5 Å². The first kappa shape index (κ1) is 15.5. The highest BCUT2D eigenvalue weighted by atomic mass is 35.5. The summed E-state index contributed by atoms with van der Waals surface area (Å²) in [6, 6.07) is 7.20. The molecule has 0 aliphatic carbocycles. The molecule has 6 heteroatoms. The van der Waals surface area contributed by atoms with Gasteiger partial charge >= 0.3 is 0 Å². The zero-order valence-corrected chi connectivity index (χ0v) is 12.3. The summed E-state index contributed by atoms with van der Waals surface area (Å²) in [6.07, 6.45) is 0.963. The Morgan fingerprint density at radius 1 is 1.24 bits per heavy atom. The summed E-state index contributed by atoms with van der Waals surface area (Å²) in [4.78, 5) is 4.29. The van der Waals surface area contributed by atoms with Crippen molar-refractivity contribution < 1.29 is 13.5 Å². The van der Waals surface area contributed by atoms with Crippen molar-refractivity contribution in [3.05, 3.63) is 52.7 Å². The second-order valence-electron chi connectivity index (χ2n) is 4.39. The van der Waals surface area contributed by atoms with Crippen molar-refractivity contribution in [2.24, 2.45) is 0 Å². The van der Waals surface area contributed by atoms with Crippen LogP contribution in [0.1, 0.15) is 19.0 Å². The second kappa shape index (κ2) is 7.22. The van der Waals surface area contributed by atoms with Gasteiger partial charge in [0.1, 0.15) is 12.4 Å². The SMILES string of the molecule is CCCNc1ccc(Cl)c(COc2cccc(F)c2F)n1. The van der Waals surface area contributed by atoms with Gasteiger partial charge in [-0.15, -0.1) is 0 Å². The molecule has 0 aliphatic heterocycles. The average molecular weight is 313 g/mol. The molecule has 2 rings (SSSR count). The van der Waals surface area contributed by atoms with Crippen LogP contribution in [0.25, 0.3) is 0 Å². The van der Waals surface area contributed by atoms with Gasteiger partial charge in [0.15, 0.2) is 11.6 Å². The molecule has 0 bridgehead atoms. The summed E-state index contributed by atoms with van der Waals surface area (Å²) in [5, 5.41) is 3.53. The van der Waals surface area contributed by atoms with Crippen LogP contribution in [0.4, 0.5) is 14.6 Å². The number of pyridine rings is 1. The van der Waals surface area contributed by atoms with Crippen molar-refractivity contribution in [2.45, 2.75) is 20.0 Å². The van der Waals surface area contributed by atoms with Crippen LogP contribution in [0, 0.1) is 11.6 Å². The molecule has 21 heavy (non-hydrogen) atoms. The quantitative estimate of drug-likeness (QED) is 0.857. The summed E-state index contributed by atoms with van der Waals surface area (Å²) >= 11 is 6.03. The van der Waals surface area contributed by atoms with Crippen LogP contribution in [0.2, 0.25) is 5.02 Å². The van der Waals surface area contributed by atoms with Gasteiger partial charge in [0.25, 0.3) is 0 Å². The van der Waals surface area contributed by atoms with Crippen LogP contribution in [0.3, 0.4) is 0 Å². The first-order chi connectivity index (χ1) is 10.1. The molecule has 0 radical (unpaired) electrons. The lowest BCUT2D eigenvalue weighted by Gasteiger charge is -2.10. The molecule has 1 aromatic heterocycles. The van der Waals surface area contributed by atoms with Crippen molar-refractivity contribution in [1.82, 2.24) is 4.98 Å². The Balaban J connectivity index is 2.10. The van der Waals surface area contributed by atoms with E-state index in [9.17, 15) is 8.78 Å². The second-order valence-corrected chi connectivity index (χ2v) is 4.80. The molecule has 1 aromatic carbocycles. The van der Waals surface area contributed by atoms with E-state index < -0.39 is 11.6 Å². The molecule has 1 heterocycles.